The molecule has 34 heavy (non-hydrogen) atoms. The number of imide groups is 1. The number of fused-ring (bicyclic) bond motifs is 2. The number of rotatable bonds is 3. The predicted molar refractivity (Wildman–Crippen MR) is 122 cm³/mol. The van der Waals surface area contributed by atoms with E-state index >= 15 is 0 Å². The van der Waals surface area contributed by atoms with Crippen molar-refractivity contribution in [1.82, 2.24) is 25.8 Å². The van der Waals surface area contributed by atoms with Crippen molar-refractivity contribution in [2.75, 3.05) is 27.2 Å². The summed E-state index contributed by atoms with van der Waals surface area (Å²) < 4.78 is 10.7. The molecule has 0 saturated carbocycles. The maximum atomic E-state index is 11.6. The molecule has 3 N–H and O–H groups in total. The Balaban J connectivity index is 0.000000159. The van der Waals surface area contributed by atoms with E-state index in [4.69, 9.17) is 9.15 Å². The van der Waals surface area contributed by atoms with E-state index in [-0.39, 0.29) is 5.91 Å². The molecule has 2 aromatic heterocycles. The molecule has 0 spiro atoms. The van der Waals surface area contributed by atoms with E-state index in [1.807, 2.05) is 18.2 Å². The number of amides is 4. The van der Waals surface area contributed by atoms with Crippen LogP contribution < -0.4 is 20.7 Å². The first-order chi connectivity index (χ1) is 16.4. The third-order valence-corrected chi connectivity index (χ3v) is 5.70. The van der Waals surface area contributed by atoms with Crippen LogP contribution in [-0.2, 0) is 11.3 Å². The molecule has 5 heterocycles. The highest BCUT2D eigenvalue weighted by Crippen LogP contribution is 2.26. The minimum absolute atomic E-state index is 0.0777. The second kappa shape index (κ2) is 8.50. The molecule has 11 heteroatoms. The number of carbonyl (C=O) groups excluding carboxylic acids is 3. The van der Waals surface area contributed by atoms with Gasteiger partial charge >= 0.3 is 6.03 Å². The molecular weight excluding hydrogens is 440 g/mol. The lowest BCUT2D eigenvalue weighted by Gasteiger charge is -2.04. The minimum Gasteiger partial charge on any atom is -0.497 e. The lowest BCUT2D eigenvalue weighted by atomic mass is 10.1. The fourth-order valence-electron chi connectivity index (χ4n) is 3.97. The van der Waals surface area contributed by atoms with Crippen LogP contribution in [0.5, 0.6) is 5.75 Å². The zero-order valence-electron chi connectivity index (χ0n) is 18.5. The van der Waals surface area contributed by atoms with Crippen molar-refractivity contribution < 1.29 is 23.5 Å². The van der Waals surface area contributed by atoms with Gasteiger partial charge < -0.3 is 24.7 Å². The van der Waals surface area contributed by atoms with Crippen LogP contribution in [0.25, 0.3) is 11.1 Å². The number of aromatic nitrogens is 1. The number of furan rings is 1. The quantitative estimate of drug-likeness (QED) is 0.499. The van der Waals surface area contributed by atoms with Crippen LogP contribution in [0.3, 0.4) is 0 Å². The Hall–Kier alpha value is -4.41. The Bertz CT molecular complexity index is 1350. The molecule has 1 fully saturated rings. The van der Waals surface area contributed by atoms with Crippen molar-refractivity contribution in [1.29, 1.82) is 0 Å². The molecule has 3 aliphatic rings. The topological polar surface area (TPSA) is 138 Å². The van der Waals surface area contributed by atoms with Crippen LogP contribution in [0.15, 0.2) is 45.9 Å². The molecule has 0 bridgehead atoms. The summed E-state index contributed by atoms with van der Waals surface area (Å²) in [7, 11) is 3.40. The van der Waals surface area contributed by atoms with Crippen LogP contribution in [0.2, 0.25) is 0 Å². The fraction of sp³-hybridized carbons (Fsp3) is 0.261. The molecule has 0 radical (unpaired) electrons. The number of ether oxygens (including phenoxy) is 1. The molecule has 1 aromatic carbocycles. The minimum atomic E-state index is -0.808. The molecule has 6 rings (SSSR count). The fourth-order valence-corrected chi connectivity index (χ4v) is 3.97. The number of benzene rings is 1. The van der Waals surface area contributed by atoms with Crippen molar-refractivity contribution in [2.24, 2.45) is 4.99 Å². The van der Waals surface area contributed by atoms with Crippen LogP contribution in [0, 0.1) is 0 Å². The van der Waals surface area contributed by atoms with E-state index in [2.05, 4.69) is 25.9 Å². The summed E-state index contributed by atoms with van der Waals surface area (Å²) in [6.45, 7) is 2.26. The summed E-state index contributed by atoms with van der Waals surface area (Å²) in [4.78, 5) is 44.6. The summed E-state index contributed by atoms with van der Waals surface area (Å²) in [5.74, 6) is 1.53. The highest BCUT2D eigenvalue weighted by atomic mass is 16.5. The van der Waals surface area contributed by atoms with Gasteiger partial charge in [0, 0.05) is 43.5 Å². The number of hydrogen-bond donors (Lipinski definition) is 3. The molecule has 1 atom stereocenters. The normalized spacial score (nSPS) is 18.6. The monoisotopic (exact) mass is 462 g/mol. The third-order valence-electron chi connectivity index (χ3n) is 5.70. The van der Waals surface area contributed by atoms with Crippen LogP contribution in [0.1, 0.15) is 33.3 Å². The molecule has 0 aliphatic carbocycles. The smallest absolute Gasteiger partial charge is 0.322 e. The van der Waals surface area contributed by atoms with E-state index in [0.717, 1.165) is 41.4 Å². The van der Waals surface area contributed by atoms with Gasteiger partial charge in [0.05, 0.1) is 13.7 Å². The summed E-state index contributed by atoms with van der Waals surface area (Å²) in [5.41, 5.74) is 3.85. The van der Waals surface area contributed by atoms with Gasteiger partial charge in [-0.2, -0.15) is 0 Å². The highest BCUT2D eigenvalue weighted by Gasteiger charge is 2.33. The summed E-state index contributed by atoms with van der Waals surface area (Å²) >= 11 is 0. The van der Waals surface area contributed by atoms with Crippen LogP contribution in [-0.4, -0.2) is 60.8 Å². The van der Waals surface area contributed by atoms with E-state index in [9.17, 15) is 14.4 Å². The maximum Gasteiger partial charge on any atom is 0.322 e. The van der Waals surface area contributed by atoms with Crippen molar-refractivity contribution in [3.8, 4) is 5.75 Å². The molecule has 4 amide bonds. The summed E-state index contributed by atoms with van der Waals surface area (Å²) in [6, 6.07) is 7.75. The van der Waals surface area contributed by atoms with Crippen LogP contribution in [0.4, 0.5) is 4.79 Å². The molecule has 3 aliphatic heterocycles. The average Bonchev–Trinajstić information content (AvgIpc) is 3.61. The predicted octanol–water partition coefficient (Wildman–Crippen LogP) is 1.34. The number of aliphatic imine (C=N–C) groups is 1. The first kappa shape index (κ1) is 21.4. The van der Waals surface area contributed by atoms with Gasteiger partial charge in [0.25, 0.3) is 11.8 Å². The van der Waals surface area contributed by atoms with E-state index in [1.54, 1.807) is 37.4 Å². The lowest BCUT2D eigenvalue weighted by molar-refractivity contribution is -0.120. The second-order valence-corrected chi connectivity index (χ2v) is 7.99. The molecule has 3 aromatic rings. The molecule has 1 saturated heterocycles. The number of nitrogens with zero attached hydrogens (tertiary/aromatic N) is 3. The zero-order valence-corrected chi connectivity index (χ0v) is 18.5. The summed E-state index contributed by atoms with van der Waals surface area (Å²) in [6.07, 6.45) is 1.70. The molecule has 11 nitrogen and oxygen atoms in total. The molecular formula is C23H22N6O5. The SMILES string of the molecule is COc1ccc2c(c1)C(=O)N(C)C2.O=C1NC(=O)C(c2cc3ncc(C4=NCCN4)cc3o2)N1. The first-order valence-corrected chi connectivity index (χ1v) is 10.6. The third kappa shape index (κ3) is 3.91. The van der Waals surface area contributed by atoms with Crippen LogP contribution >= 0.6 is 0 Å². The van der Waals surface area contributed by atoms with Crippen molar-refractivity contribution >= 4 is 34.8 Å². The van der Waals surface area contributed by atoms with Gasteiger partial charge in [-0.15, -0.1) is 0 Å². The average molecular weight is 462 g/mol. The zero-order chi connectivity index (χ0) is 23.8. The number of pyridine rings is 1. The van der Waals surface area contributed by atoms with E-state index < -0.39 is 18.0 Å². The Morgan fingerprint density at radius 3 is 2.74 bits per heavy atom. The van der Waals surface area contributed by atoms with Gasteiger partial charge in [-0.05, 0) is 23.8 Å². The molecule has 1 unspecified atom stereocenters. The maximum absolute atomic E-state index is 11.6. The Kier molecular flexibility index (Phi) is 5.36. The Labute approximate surface area is 194 Å². The Morgan fingerprint density at radius 1 is 1.18 bits per heavy atom. The Morgan fingerprint density at radius 2 is 2.03 bits per heavy atom. The standard InChI is InChI=1S/C13H11N5O3.C10H11NO2/c19-12-10(17-13(20)18-12)9-4-7-8(21-9)3-6(5-16-7)11-14-1-2-15-11;1-11-6-7-3-4-8(13-2)5-9(7)10(11)12/h3-5,10H,1-2H2,(H,14,15)(H2,17,18,19,20);3-5H,6H2,1-2H3. The molecule has 174 valence electrons. The van der Waals surface area contributed by atoms with Crippen molar-refractivity contribution in [3.63, 3.8) is 0 Å². The van der Waals surface area contributed by atoms with Gasteiger partial charge in [-0.1, -0.05) is 6.07 Å². The van der Waals surface area contributed by atoms with E-state index in [0.29, 0.717) is 23.4 Å². The number of amidine groups is 1. The number of nitrogens with one attached hydrogen (secondary N) is 3. The van der Waals surface area contributed by atoms with Gasteiger partial charge in [0.2, 0.25) is 0 Å². The van der Waals surface area contributed by atoms with Gasteiger partial charge in [-0.3, -0.25) is 24.9 Å². The second-order valence-electron chi connectivity index (χ2n) is 7.99. The largest absolute Gasteiger partial charge is 0.497 e. The van der Waals surface area contributed by atoms with Gasteiger partial charge in [0.1, 0.15) is 22.9 Å². The highest BCUT2D eigenvalue weighted by molar-refractivity contribution is 6.05. The lowest BCUT2D eigenvalue weighted by Crippen LogP contribution is -2.22. The van der Waals surface area contributed by atoms with Crippen molar-refractivity contribution in [3.05, 3.63) is 59.0 Å². The van der Waals surface area contributed by atoms with Gasteiger partial charge in [-0.25, -0.2) is 4.79 Å². The number of methoxy groups -OCH3 is 1. The van der Waals surface area contributed by atoms with Crippen molar-refractivity contribution in [2.45, 2.75) is 12.6 Å². The number of urea groups is 1. The van der Waals surface area contributed by atoms with E-state index in [1.165, 1.54) is 0 Å². The van der Waals surface area contributed by atoms with Gasteiger partial charge in [0.15, 0.2) is 11.6 Å². The number of carbonyl (C=O) groups is 3. The first-order valence-electron chi connectivity index (χ1n) is 10.6. The summed E-state index contributed by atoms with van der Waals surface area (Å²) in [5, 5.41) is 7.82. The number of hydrogen-bond acceptors (Lipinski definition) is 8.